The number of aliphatic hydroxyl groups excluding tert-OH is 1. The fourth-order valence-corrected chi connectivity index (χ4v) is 2.74. The summed E-state index contributed by atoms with van der Waals surface area (Å²) in [7, 11) is -2.78. The van der Waals surface area contributed by atoms with Crippen LogP contribution in [0.4, 0.5) is 0 Å². The van der Waals surface area contributed by atoms with Gasteiger partial charge in [-0.15, -0.1) is 0 Å². The SMILES string of the molecule is CCOC(COC(=O)c1ccccc1S(=O)(=O)OCCO)OC. The molecule has 130 valence electrons. The minimum Gasteiger partial charge on any atom is -0.457 e. The number of aliphatic hydroxyl groups is 1. The largest absolute Gasteiger partial charge is 0.457 e. The lowest BCUT2D eigenvalue weighted by molar-refractivity contribution is -0.144. The summed E-state index contributed by atoms with van der Waals surface area (Å²) in [5.74, 6) is -0.849. The summed E-state index contributed by atoms with van der Waals surface area (Å²) >= 11 is 0. The van der Waals surface area contributed by atoms with Crippen molar-refractivity contribution in [3.05, 3.63) is 29.8 Å². The molecule has 0 radical (unpaired) electrons. The van der Waals surface area contributed by atoms with Gasteiger partial charge in [-0.25, -0.2) is 4.79 Å². The average molecular weight is 348 g/mol. The molecule has 1 unspecified atom stereocenters. The number of hydrogen-bond donors (Lipinski definition) is 1. The maximum Gasteiger partial charge on any atom is 0.339 e. The molecule has 0 bridgehead atoms. The lowest BCUT2D eigenvalue weighted by Gasteiger charge is -2.16. The van der Waals surface area contributed by atoms with Gasteiger partial charge in [-0.2, -0.15) is 8.42 Å². The summed E-state index contributed by atoms with van der Waals surface area (Å²) in [6.07, 6.45) is -0.738. The topological polar surface area (TPSA) is 108 Å². The van der Waals surface area contributed by atoms with Crippen LogP contribution in [0.25, 0.3) is 0 Å². The highest BCUT2D eigenvalue weighted by Gasteiger charge is 2.24. The Balaban J connectivity index is 2.90. The van der Waals surface area contributed by atoms with E-state index < -0.39 is 35.6 Å². The monoisotopic (exact) mass is 348 g/mol. The average Bonchev–Trinajstić information content (AvgIpc) is 2.56. The van der Waals surface area contributed by atoms with Crippen molar-refractivity contribution in [3.8, 4) is 0 Å². The van der Waals surface area contributed by atoms with Gasteiger partial charge in [0, 0.05) is 13.7 Å². The van der Waals surface area contributed by atoms with E-state index in [1.807, 2.05) is 0 Å². The van der Waals surface area contributed by atoms with Crippen molar-refractivity contribution >= 4 is 16.1 Å². The number of methoxy groups -OCH3 is 1. The lowest BCUT2D eigenvalue weighted by Crippen LogP contribution is -2.24. The van der Waals surface area contributed by atoms with Gasteiger partial charge in [-0.1, -0.05) is 12.1 Å². The van der Waals surface area contributed by atoms with Gasteiger partial charge in [-0.05, 0) is 19.1 Å². The molecule has 0 aliphatic rings. The summed E-state index contributed by atoms with van der Waals surface area (Å²) in [6.45, 7) is 1.08. The number of esters is 1. The molecule has 0 fully saturated rings. The maximum atomic E-state index is 12.1. The molecular formula is C14H20O8S. The second-order valence-electron chi connectivity index (χ2n) is 4.21. The number of benzene rings is 1. The smallest absolute Gasteiger partial charge is 0.339 e. The fourth-order valence-electron chi connectivity index (χ4n) is 1.66. The van der Waals surface area contributed by atoms with E-state index in [2.05, 4.69) is 4.18 Å². The first-order valence-corrected chi connectivity index (χ1v) is 8.28. The quantitative estimate of drug-likeness (QED) is 0.371. The maximum absolute atomic E-state index is 12.1. The van der Waals surface area contributed by atoms with Crippen molar-refractivity contribution in [2.45, 2.75) is 18.1 Å². The Morgan fingerprint density at radius 3 is 2.61 bits per heavy atom. The van der Waals surface area contributed by atoms with Gasteiger partial charge in [-0.3, -0.25) is 4.18 Å². The number of carbonyl (C=O) groups is 1. The number of rotatable bonds is 10. The first-order valence-electron chi connectivity index (χ1n) is 6.87. The molecule has 0 amide bonds. The Hall–Kier alpha value is -1.52. The van der Waals surface area contributed by atoms with Crippen molar-refractivity contribution in [2.24, 2.45) is 0 Å². The number of carbonyl (C=O) groups excluding carboxylic acids is 1. The van der Waals surface area contributed by atoms with E-state index in [9.17, 15) is 13.2 Å². The third-order valence-corrected chi connectivity index (χ3v) is 4.04. The van der Waals surface area contributed by atoms with Crippen molar-refractivity contribution in [3.63, 3.8) is 0 Å². The molecule has 0 saturated heterocycles. The molecular weight excluding hydrogens is 328 g/mol. The van der Waals surface area contributed by atoms with Crippen LogP contribution in [0.5, 0.6) is 0 Å². The molecule has 8 nitrogen and oxygen atoms in total. The third-order valence-electron chi connectivity index (χ3n) is 2.67. The molecule has 1 rings (SSSR count). The molecule has 0 aliphatic heterocycles. The van der Waals surface area contributed by atoms with Crippen molar-refractivity contribution < 1.29 is 36.7 Å². The van der Waals surface area contributed by atoms with Crippen LogP contribution in [0.3, 0.4) is 0 Å². The van der Waals surface area contributed by atoms with Crippen LogP contribution >= 0.6 is 0 Å². The van der Waals surface area contributed by atoms with E-state index in [4.69, 9.17) is 19.3 Å². The van der Waals surface area contributed by atoms with Crippen molar-refractivity contribution in [2.75, 3.05) is 33.5 Å². The molecule has 0 heterocycles. The predicted molar refractivity (Wildman–Crippen MR) is 79.4 cm³/mol. The second kappa shape index (κ2) is 9.58. The van der Waals surface area contributed by atoms with E-state index in [1.54, 1.807) is 6.92 Å². The normalized spacial score (nSPS) is 12.8. The Morgan fingerprint density at radius 1 is 1.30 bits per heavy atom. The zero-order chi connectivity index (χ0) is 17.3. The Kier molecular flexibility index (Phi) is 8.13. The zero-order valence-electron chi connectivity index (χ0n) is 12.9. The molecule has 0 saturated carbocycles. The molecule has 1 aromatic rings. The van der Waals surface area contributed by atoms with Gasteiger partial charge in [0.2, 0.25) is 0 Å². The van der Waals surface area contributed by atoms with Gasteiger partial charge in [0.05, 0.1) is 18.8 Å². The summed E-state index contributed by atoms with van der Waals surface area (Å²) in [5.41, 5.74) is -0.170. The number of ether oxygens (including phenoxy) is 3. The van der Waals surface area contributed by atoms with Crippen LogP contribution in [0.15, 0.2) is 29.2 Å². The van der Waals surface area contributed by atoms with E-state index in [1.165, 1.54) is 31.4 Å². The highest BCUT2D eigenvalue weighted by Crippen LogP contribution is 2.19. The molecule has 1 aromatic carbocycles. The second-order valence-corrected chi connectivity index (χ2v) is 5.80. The van der Waals surface area contributed by atoms with Crippen molar-refractivity contribution in [1.29, 1.82) is 0 Å². The zero-order valence-corrected chi connectivity index (χ0v) is 13.7. The molecule has 0 spiro atoms. The lowest BCUT2D eigenvalue weighted by atomic mass is 10.2. The Morgan fingerprint density at radius 2 is 2.00 bits per heavy atom. The minimum atomic E-state index is -4.18. The number of hydrogen-bond acceptors (Lipinski definition) is 8. The van der Waals surface area contributed by atoms with Crippen LogP contribution in [0.1, 0.15) is 17.3 Å². The first-order chi connectivity index (χ1) is 11.0. The van der Waals surface area contributed by atoms with Crippen LogP contribution in [0, 0.1) is 0 Å². The summed E-state index contributed by atoms with van der Waals surface area (Å²) in [5, 5.41) is 8.67. The van der Waals surface area contributed by atoms with Gasteiger partial charge in [0.15, 0.2) is 6.29 Å². The third kappa shape index (κ3) is 5.88. The van der Waals surface area contributed by atoms with Crippen LogP contribution in [0.2, 0.25) is 0 Å². The Labute approximate surface area is 135 Å². The van der Waals surface area contributed by atoms with Gasteiger partial charge < -0.3 is 19.3 Å². The molecule has 1 atom stereocenters. The molecule has 0 aromatic heterocycles. The fraction of sp³-hybridized carbons (Fsp3) is 0.500. The van der Waals surface area contributed by atoms with E-state index in [0.29, 0.717) is 6.61 Å². The van der Waals surface area contributed by atoms with E-state index in [0.717, 1.165) is 0 Å². The van der Waals surface area contributed by atoms with Crippen molar-refractivity contribution in [1.82, 2.24) is 0 Å². The van der Waals surface area contributed by atoms with E-state index in [-0.39, 0.29) is 17.1 Å². The highest BCUT2D eigenvalue weighted by molar-refractivity contribution is 7.86. The predicted octanol–water partition coefficient (Wildman–Crippen LogP) is 0.550. The first kappa shape index (κ1) is 19.5. The minimum absolute atomic E-state index is 0.170. The Bertz CT molecular complexity index is 599. The van der Waals surface area contributed by atoms with Gasteiger partial charge in [0.1, 0.15) is 11.5 Å². The standard InChI is InChI=1S/C14H20O8S/c1-3-20-13(19-2)10-21-14(16)11-6-4-5-7-12(11)23(17,18)22-9-8-15/h4-7,13,15H,3,8-10H2,1-2H3. The summed E-state index contributed by atoms with van der Waals surface area (Å²) in [4.78, 5) is 11.8. The highest BCUT2D eigenvalue weighted by atomic mass is 32.2. The summed E-state index contributed by atoms with van der Waals surface area (Å²) < 4.78 is 43.8. The molecule has 0 aliphatic carbocycles. The summed E-state index contributed by atoms with van der Waals surface area (Å²) in [6, 6.07) is 5.47. The van der Waals surface area contributed by atoms with Crippen LogP contribution in [-0.2, 0) is 28.5 Å². The van der Waals surface area contributed by atoms with Crippen LogP contribution < -0.4 is 0 Å². The van der Waals surface area contributed by atoms with Gasteiger partial charge >= 0.3 is 5.97 Å². The van der Waals surface area contributed by atoms with Gasteiger partial charge in [0.25, 0.3) is 10.1 Å². The molecule has 9 heteroatoms. The molecule has 23 heavy (non-hydrogen) atoms. The van der Waals surface area contributed by atoms with Crippen LogP contribution in [-0.4, -0.2) is 59.3 Å². The van der Waals surface area contributed by atoms with E-state index >= 15 is 0 Å². The molecule has 1 N–H and O–H groups in total.